The van der Waals surface area contributed by atoms with Crippen molar-refractivity contribution in [1.29, 1.82) is 0 Å². The van der Waals surface area contributed by atoms with E-state index in [1.54, 1.807) is 18.3 Å². The monoisotopic (exact) mass is 302 g/mol. The predicted octanol–water partition coefficient (Wildman–Crippen LogP) is 0.639. The lowest BCUT2D eigenvalue weighted by atomic mass is 10.2. The van der Waals surface area contributed by atoms with E-state index in [2.05, 4.69) is 15.3 Å². The van der Waals surface area contributed by atoms with Crippen LogP contribution in [0.2, 0.25) is 0 Å². The van der Waals surface area contributed by atoms with E-state index in [0.29, 0.717) is 25.1 Å². The first-order chi connectivity index (χ1) is 10.7. The van der Waals surface area contributed by atoms with Crippen molar-refractivity contribution >= 4 is 5.91 Å². The molecule has 0 atom stereocenters. The molecule has 0 bridgehead atoms. The molecule has 1 amide bonds. The van der Waals surface area contributed by atoms with Gasteiger partial charge in [-0.1, -0.05) is 6.92 Å². The first-order valence-electron chi connectivity index (χ1n) is 6.98. The number of aromatic nitrogens is 3. The number of carbonyl (C=O) groups excluding carboxylic acids is 1. The molecule has 0 fully saturated rings. The lowest BCUT2D eigenvalue weighted by Crippen LogP contribution is -2.31. The second-order valence-corrected chi connectivity index (χ2v) is 4.58. The van der Waals surface area contributed by atoms with Gasteiger partial charge in [0.2, 0.25) is 5.88 Å². The zero-order valence-corrected chi connectivity index (χ0v) is 12.6. The van der Waals surface area contributed by atoms with Gasteiger partial charge in [0.25, 0.3) is 11.5 Å². The van der Waals surface area contributed by atoms with Crippen LogP contribution in [-0.4, -0.2) is 34.1 Å². The Hall–Kier alpha value is -2.70. The van der Waals surface area contributed by atoms with Crippen LogP contribution < -0.4 is 15.6 Å². The number of nitrogens with zero attached hydrogens (tertiary/aromatic N) is 3. The lowest BCUT2D eigenvalue weighted by molar-refractivity contribution is 0.0948. The molecule has 0 aliphatic heterocycles. The minimum Gasteiger partial charge on any atom is -0.480 e. The van der Waals surface area contributed by atoms with E-state index in [0.717, 1.165) is 5.69 Å². The number of hydrogen-bond acceptors (Lipinski definition) is 5. The normalized spacial score (nSPS) is 10.3. The van der Waals surface area contributed by atoms with Gasteiger partial charge in [0.1, 0.15) is 5.56 Å². The van der Waals surface area contributed by atoms with Crippen LogP contribution in [0.5, 0.6) is 5.88 Å². The minimum absolute atomic E-state index is 0.125. The fourth-order valence-electron chi connectivity index (χ4n) is 1.94. The summed E-state index contributed by atoms with van der Waals surface area (Å²) in [5.74, 6) is -0.0257. The summed E-state index contributed by atoms with van der Waals surface area (Å²) in [6.45, 7) is 2.60. The molecule has 0 saturated carbocycles. The Labute approximate surface area is 128 Å². The van der Waals surface area contributed by atoms with Crippen molar-refractivity contribution in [2.75, 3.05) is 13.7 Å². The average Bonchev–Trinajstić information content (AvgIpc) is 2.56. The largest absolute Gasteiger partial charge is 0.480 e. The van der Waals surface area contributed by atoms with Crippen LogP contribution in [0.1, 0.15) is 23.0 Å². The van der Waals surface area contributed by atoms with E-state index in [1.165, 1.54) is 24.1 Å². The Bertz CT molecular complexity index is 712. The molecule has 0 unspecified atom stereocenters. The molecule has 0 radical (unpaired) electrons. The van der Waals surface area contributed by atoms with Gasteiger partial charge in [-0.15, -0.1) is 0 Å². The first-order valence-corrected chi connectivity index (χ1v) is 6.98. The fourth-order valence-corrected chi connectivity index (χ4v) is 1.94. The van der Waals surface area contributed by atoms with Gasteiger partial charge in [0, 0.05) is 31.0 Å². The summed E-state index contributed by atoms with van der Waals surface area (Å²) in [6, 6.07) is 4.80. The van der Waals surface area contributed by atoms with Crippen molar-refractivity contribution in [2.24, 2.45) is 0 Å². The van der Waals surface area contributed by atoms with Crippen LogP contribution in [0.4, 0.5) is 0 Å². The number of carbonyl (C=O) groups is 1. The average molecular weight is 302 g/mol. The lowest BCUT2D eigenvalue weighted by Gasteiger charge is -2.09. The highest BCUT2D eigenvalue weighted by Crippen LogP contribution is 2.12. The molecular weight excluding hydrogens is 284 g/mol. The summed E-state index contributed by atoms with van der Waals surface area (Å²) in [4.78, 5) is 32.0. The van der Waals surface area contributed by atoms with Crippen LogP contribution >= 0.6 is 0 Å². The van der Waals surface area contributed by atoms with Crippen molar-refractivity contribution in [3.05, 3.63) is 52.3 Å². The summed E-state index contributed by atoms with van der Waals surface area (Å²) in [5, 5.41) is 2.73. The molecule has 2 aromatic heterocycles. The van der Waals surface area contributed by atoms with Crippen LogP contribution in [-0.2, 0) is 13.0 Å². The molecule has 2 rings (SSSR count). The van der Waals surface area contributed by atoms with Crippen molar-refractivity contribution in [1.82, 2.24) is 19.9 Å². The number of pyridine rings is 1. The second-order valence-electron chi connectivity index (χ2n) is 4.58. The topological polar surface area (TPSA) is 86.1 Å². The maximum absolute atomic E-state index is 12.1. The maximum atomic E-state index is 12.1. The quantitative estimate of drug-likeness (QED) is 0.846. The van der Waals surface area contributed by atoms with Crippen LogP contribution in [0.3, 0.4) is 0 Å². The summed E-state index contributed by atoms with van der Waals surface area (Å²) >= 11 is 0. The molecule has 2 heterocycles. The minimum atomic E-state index is -0.295. The Morgan fingerprint density at radius 2 is 2.23 bits per heavy atom. The van der Waals surface area contributed by atoms with Crippen molar-refractivity contribution in [3.63, 3.8) is 0 Å². The van der Waals surface area contributed by atoms with Gasteiger partial charge in [0.15, 0.2) is 0 Å². The number of rotatable bonds is 6. The molecule has 22 heavy (non-hydrogen) atoms. The maximum Gasteiger partial charge on any atom is 0.256 e. The molecule has 0 aliphatic rings. The van der Waals surface area contributed by atoms with Gasteiger partial charge >= 0.3 is 0 Å². The number of nitrogens with one attached hydrogen (secondary N) is 1. The summed E-state index contributed by atoms with van der Waals surface area (Å²) in [6.07, 6.45) is 3.77. The summed E-state index contributed by atoms with van der Waals surface area (Å²) < 4.78 is 6.50. The van der Waals surface area contributed by atoms with Crippen molar-refractivity contribution in [2.45, 2.75) is 19.9 Å². The smallest absolute Gasteiger partial charge is 0.256 e. The zero-order valence-electron chi connectivity index (χ0n) is 12.6. The van der Waals surface area contributed by atoms with Gasteiger partial charge in [-0.05, 0) is 18.6 Å². The highest BCUT2D eigenvalue weighted by molar-refractivity contribution is 5.96. The van der Waals surface area contributed by atoms with Crippen molar-refractivity contribution < 1.29 is 9.53 Å². The summed E-state index contributed by atoms with van der Waals surface area (Å²) in [5.41, 5.74) is 0.988. The second kappa shape index (κ2) is 7.35. The predicted molar refractivity (Wildman–Crippen MR) is 81.0 cm³/mol. The standard InChI is InChI=1S/C15H18N4O3/c1-3-11-9-13(20)19(10-18-11)8-7-16-14(21)12-5-4-6-17-15(12)22-2/h4-6,9-10H,3,7-8H2,1-2H3,(H,16,21). The van der Waals surface area contributed by atoms with E-state index < -0.39 is 0 Å². The van der Waals surface area contributed by atoms with E-state index >= 15 is 0 Å². The third kappa shape index (κ3) is 3.69. The molecule has 2 aromatic rings. The van der Waals surface area contributed by atoms with Gasteiger partial charge in [-0.2, -0.15) is 0 Å². The molecule has 116 valence electrons. The molecule has 7 heteroatoms. The number of ether oxygens (including phenoxy) is 1. The summed E-state index contributed by atoms with van der Waals surface area (Å²) in [7, 11) is 1.46. The Morgan fingerprint density at radius 1 is 1.41 bits per heavy atom. The third-order valence-corrected chi connectivity index (χ3v) is 3.15. The molecular formula is C15H18N4O3. The van der Waals surface area contributed by atoms with Gasteiger partial charge in [-0.3, -0.25) is 14.2 Å². The molecule has 1 N–H and O–H groups in total. The molecule has 0 saturated heterocycles. The fraction of sp³-hybridized carbons (Fsp3) is 0.333. The molecule has 0 aromatic carbocycles. The highest BCUT2D eigenvalue weighted by atomic mass is 16.5. The number of methoxy groups -OCH3 is 1. The van der Waals surface area contributed by atoms with E-state index in [1.807, 2.05) is 6.92 Å². The Balaban J connectivity index is 1.96. The Kier molecular flexibility index (Phi) is 5.24. The molecule has 7 nitrogen and oxygen atoms in total. The van der Waals surface area contributed by atoms with E-state index in [-0.39, 0.29) is 17.3 Å². The van der Waals surface area contributed by atoms with Gasteiger partial charge in [0.05, 0.1) is 13.4 Å². The van der Waals surface area contributed by atoms with Crippen LogP contribution in [0.15, 0.2) is 35.5 Å². The van der Waals surface area contributed by atoms with Crippen molar-refractivity contribution in [3.8, 4) is 5.88 Å². The van der Waals surface area contributed by atoms with E-state index in [4.69, 9.17) is 4.74 Å². The SMILES string of the molecule is CCc1cc(=O)n(CCNC(=O)c2cccnc2OC)cn1. The molecule has 0 aliphatic carbocycles. The zero-order chi connectivity index (χ0) is 15.9. The van der Waals surface area contributed by atoms with Crippen LogP contribution in [0, 0.1) is 0 Å². The van der Waals surface area contributed by atoms with Gasteiger partial charge < -0.3 is 10.1 Å². The van der Waals surface area contributed by atoms with Gasteiger partial charge in [-0.25, -0.2) is 9.97 Å². The third-order valence-electron chi connectivity index (χ3n) is 3.15. The first kappa shape index (κ1) is 15.7. The van der Waals surface area contributed by atoms with E-state index in [9.17, 15) is 9.59 Å². The molecule has 0 spiro atoms. The van der Waals surface area contributed by atoms with Crippen LogP contribution in [0.25, 0.3) is 0 Å². The number of hydrogen-bond donors (Lipinski definition) is 1. The number of amides is 1. The highest BCUT2D eigenvalue weighted by Gasteiger charge is 2.12. The Morgan fingerprint density at radius 3 is 2.91 bits per heavy atom. The number of aryl methyl sites for hydroxylation is 1.